The molecule has 0 fully saturated rings. The molecule has 2 aromatic rings. The fourth-order valence-corrected chi connectivity index (χ4v) is 1.47. The van der Waals surface area contributed by atoms with Gasteiger partial charge in [-0.15, -0.1) is 0 Å². The minimum atomic E-state index is 0.595. The normalized spacial score (nSPS) is 12.7. The minimum absolute atomic E-state index is 0.595. The summed E-state index contributed by atoms with van der Waals surface area (Å²) >= 11 is 5.86. The highest BCUT2D eigenvalue weighted by atomic mass is 35.5. The third-order valence-electron chi connectivity index (χ3n) is 1.96. The maximum Gasteiger partial charge on any atom is 0.297 e. The van der Waals surface area contributed by atoms with Gasteiger partial charge in [0.1, 0.15) is 0 Å². The van der Waals surface area contributed by atoms with Gasteiger partial charge in [-0.2, -0.15) is 0 Å². The van der Waals surface area contributed by atoms with Crippen LogP contribution in [0.25, 0.3) is 11.1 Å². The molecule has 0 amide bonds. The van der Waals surface area contributed by atoms with E-state index in [2.05, 4.69) is 4.99 Å². The standard InChI is InChI=1S/C9H9ClN2O/c1-11-9-12(2)7-5-6(10)3-4-8(7)13-9/h3-5H,1-2H3. The fraction of sp³-hybridized carbons (Fsp3) is 0.222. The highest BCUT2D eigenvalue weighted by Crippen LogP contribution is 2.17. The van der Waals surface area contributed by atoms with Gasteiger partial charge in [0.15, 0.2) is 5.58 Å². The maximum atomic E-state index is 5.86. The summed E-state index contributed by atoms with van der Waals surface area (Å²) in [6.45, 7) is 0. The molecule has 1 aromatic heterocycles. The zero-order valence-electron chi connectivity index (χ0n) is 7.41. The zero-order chi connectivity index (χ0) is 9.42. The van der Waals surface area contributed by atoms with Crippen molar-refractivity contribution >= 4 is 22.7 Å². The fourth-order valence-electron chi connectivity index (χ4n) is 1.30. The molecule has 2 rings (SSSR count). The van der Waals surface area contributed by atoms with Gasteiger partial charge in [0.25, 0.3) is 5.68 Å². The molecule has 0 unspecified atom stereocenters. The van der Waals surface area contributed by atoms with Crippen molar-refractivity contribution in [3.8, 4) is 0 Å². The predicted octanol–water partition coefficient (Wildman–Crippen LogP) is 1.96. The first-order valence-corrected chi connectivity index (χ1v) is 4.28. The van der Waals surface area contributed by atoms with Crippen molar-refractivity contribution < 1.29 is 4.42 Å². The second-order valence-corrected chi connectivity index (χ2v) is 3.22. The van der Waals surface area contributed by atoms with Crippen LogP contribution in [-0.2, 0) is 7.05 Å². The van der Waals surface area contributed by atoms with Crippen LogP contribution in [0.4, 0.5) is 0 Å². The van der Waals surface area contributed by atoms with Crippen LogP contribution in [0.15, 0.2) is 27.6 Å². The van der Waals surface area contributed by atoms with Crippen molar-refractivity contribution in [1.82, 2.24) is 4.57 Å². The Kier molecular flexibility index (Phi) is 1.88. The summed E-state index contributed by atoms with van der Waals surface area (Å²) in [4.78, 5) is 3.99. The maximum absolute atomic E-state index is 5.86. The molecule has 3 nitrogen and oxygen atoms in total. The number of rotatable bonds is 0. The van der Waals surface area contributed by atoms with Crippen molar-refractivity contribution in [3.05, 3.63) is 28.9 Å². The summed E-state index contributed by atoms with van der Waals surface area (Å²) in [7, 11) is 3.59. The van der Waals surface area contributed by atoms with Crippen LogP contribution in [-0.4, -0.2) is 11.6 Å². The smallest absolute Gasteiger partial charge is 0.297 e. The van der Waals surface area contributed by atoms with Gasteiger partial charge in [0.05, 0.1) is 5.52 Å². The van der Waals surface area contributed by atoms with E-state index in [1.54, 1.807) is 13.1 Å². The van der Waals surface area contributed by atoms with Gasteiger partial charge in [-0.25, -0.2) is 4.99 Å². The molecule has 0 aliphatic carbocycles. The van der Waals surface area contributed by atoms with E-state index in [9.17, 15) is 0 Å². The van der Waals surface area contributed by atoms with Crippen LogP contribution < -0.4 is 5.68 Å². The highest BCUT2D eigenvalue weighted by Gasteiger charge is 2.03. The molecule has 0 radical (unpaired) electrons. The van der Waals surface area contributed by atoms with Crippen molar-refractivity contribution in [3.63, 3.8) is 0 Å². The molecule has 0 saturated carbocycles. The number of fused-ring (bicyclic) bond motifs is 1. The number of aryl methyl sites for hydroxylation is 1. The SMILES string of the molecule is CN=c1oc2ccc(Cl)cc2n1C. The summed E-state index contributed by atoms with van der Waals surface area (Å²) < 4.78 is 7.30. The van der Waals surface area contributed by atoms with E-state index in [-0.39, 0.29) is 0 Å². The highest BCUT2D eigenvalue weighted by molar-refractivity contribution is 6.31. The lowest BCUT2D eigenvalue weighted by atomic mass is 10.3. The van der Waals surface area contributed by atoms with E-state index >= 15 is 0 Å². The summed E-state index contributed by atoms with van der Waals surface area (Å²) in [6.07, 6.45) is 0. The van der Waals surface area contributed by atoms with Crippen molar-refractivity contribution in [2.45, 2.75) is 0 Å². The first kappa shape index (κ1) is 8.38. The Balaban J connectivity index is 2.94. The molecule has 0 spiro atoms. The largest absolute Gasteiger partial charge is 0.424 e. The predicted molar refractivity (Wildman–Crippen MR) is 51.7 cm³/mol. The topological polar surface area (TPSA) is 30.4 Å². The average molecular weight is 197 g/mol. The Morgan fingerprint density at radius 2 is 2.23 bits per heavy atom. The molecule has 1 heterocycles. The lowest BCUT2D eigenvalue weighted by Gasteiger charge is -1.91. The van der Waals surface area contributed by atoms with Gasteiger partial charge < -0.3 is 4.42 Å². The Morgan fingerprint density at radius 3 is 2.92 bits per heavy atom. The summed E-state index contributed by atoms with van der Waals surface area (Å²) in [5.41, 5.74) is 2.35. The van der Waals surface area contributed by atoms with Gasteiger partial charge >= 0.3 is 0 Å². The van der Waals surface area contributed by atoms with Crippen LogP contribution >= 0.6 is 11.6 Å². The Bertz CT molecular complexity index is 510. The molecule has 0 saturated heterocycles. The average Bonchev–Trinajstić information content (AvgIpc) is 2.44. The molecule has 68 valence electrons. The third-order valence-corrected chi connectivity index (χ3v) is 2.20. The molecule has 1 aromatic carbocycles. The van der Waals surface area contributed by atoms with E-state index in [0.717, 1.165) is 11.1 Å². The summed E-state index contributed by atoms with van der Waals surface area (Å²) in [5, 5.41) is 0.701. The molecular weight excluding hydrogens is 188 g/mol. The van der Waals surface area contributed by atoms with E-state index < -0.39 is 0 Å². The monoisotopic (exact) mass is 196 g/mol. The number of hydrogen-bond donors (Lipinski definition) is 0. The Labute approximate surface area is 80.3 Å². The number of halogens is 1. The molecule has 0 aliphatic heterocycles. The minimum Gasteiger partial charge on any atom is -0.424 e. The quantitative estimate of drug-likeness (QED) is 0.634. The van der Waals surface area contributed by atoms with Crippen LogP contribution in [0, 0.1) is 0 Å². The van der Waals surface area contributed by atoms with Crippen molar-refractivity contribution in [2.24, 2.45) is 12.0 Å². The van der Waals surface area contributed by atoms with Crippen molar-refractivity contribution in [1.29, 1.82) is 0 Å². The molecule has 13 heavy (non-hydrogen) atoms. The van der Waals surface area contributed by atoms with Gasteiger partial charge in [-0.05, 0) is 18.2 Å². The molecule has 0 N–H and O–H groups in total. The first-order chi connectivity index (χ1) is 6.22. The number of hydrogen-bond acceptors (Lipinski definition) is 2. The molecule has 0 aliphatic rings. The third kappa shape index (κ3) is 1.25. The van der Waals surface area contributed by atoms with Crippen molar-refractivity contribution in [2.75, 3.05) is 7.05 Å². The van der Waals surface area contributed by atoms with E-state index in [1.807, 2.05) is 23.7 Å². The number of nitrogens with zero attached hydrogens (tertiary/aromatic N) is 2. The zero-order valence-corrected chi connectivity index (χ0v) is 8.17. The number of aromatic nitrogens is 1. The molecular formula is C9H9ClN2O. The van der Waals surface area contributed by atoms with Gasteiger partial charge in [-0.3, -0.25) is 4.57 Å². The first-order valence-electron chi connectivity index (χ1n) is 3.90. The second-order valence-electron chi connectivity index (χ2n) is 2.78. The van der Waals surface area contributed by atoms with Crippen LogP contribution in [0.1, 0.15) is 0 Å². The summed E-state index contributed by atoms with van der Waals surface area (Å²) in [5.74, 6) is 0. The second kappa shape index (κ2) is 2.92. The summed E-state index contributed by atoms with van der Waals surface area (Å²) in [6, 6.07) is 5.49. The molecule has 4 heteroatoms. The van der Waals surface area contributed by atoms with Crippen LogP contribution in [0.5, 0.6) is 0 Å². The van der Waals surface area contributed by atoms with E-state index in [4.69, 9.17) is 16.0 Å². The number of oxazole rings is 1. The van der Waals surface area contributed by atoms with Gasteiger partial charge in [0.2, 0.25) is 0 Å². The number of benzene rings is 1. The Hall–Kier alpha value is -1.22. The van der Waals surface area contributed by atoms with Gasteiger partial charge in [0, 0.05) is 19.1 Å². The Morgan fingerprint density at radius 1 is 1.46 bits per heavy atom. The lowest BCUT2D eigenvalue weighted by Crippen LogP contribution is -2.10. The van der Waals surface area contributed by atoms with Crippen LogP contribution in [0.3, 0.4) is 0 Å². The lowest BCUT2D eigenvalue weighted by molar-refractivity contribution is 0.505. The molecule has 0 bridgehead atoms. The van der Waals surface area contributed by atoms with Gasteiger partial charge in [-0.1, -0.05) is 11.6 Å². The van der Waals surface area contributed by atoms with Crippen LogP contribution in [0.2, 0.25) is 5.02 Å². The molecule has 0 atom stereocenters. The van der Waals surface area contributed by atoms with E-state index in [0.29, 0.717) is 10.7 Å². The van der Waals surface area contributed by atoms with E-state index in [1.165, 1.54) is 0 Å².